The van der Waals surface area contributed by atoms with Gasteiger partial charge in [-0.3, -0.25) is 0 Å². The molecule has 0 atom stereocenters. The second-order valence-corrected chi connectivity index (χ2v) is 0.757. The normalized spacial score (nSPS) is 4.90. The minimum Gasteiger partial charge on any atom is -0.565 e. The molecule has 0 unspecified atom stereocenters. The maximum atomic E-state index is 8.89. The van der Waals surface area contributed by atoms with Crippen molar-refractivity contribution in [3.05, 3.63) is 0 Å². The summed E-state index contributed by atoms with van der Waals surface area (Å²) in [7, 11) is 0. The van der Waals surface area contributed by atoms with Gasteiger partial charge in [-0.1, -0.05) is 0 Å². The number of rotatable bonds is 0. The molecule has 0 radical (unpaired) electrons. The first-order valence-corrected chi connectivity index (χ1v) is 1.54. The molecule has 0 aliphatic rings. The van der Waals surface area contributed by atoms with Gasteiger partial charge in [0.05, 0.1) is 0 Å². The number of carbonyl (C=O) groups is 2. The van der Waals surface area contributed by atoms with Crippen LogP contribution in [0.4, 0.5) is 4.79 Å². The molecule has 0 saturated heterocycles. The summed E-state index contributed by atoms with van der Waals surface area (Å²) in [5, 5.41) is 24.2. The first-order chi connectivity index (χ1) is 3.46. The molecule has 0 aromatic heterocycles. The van der Waals surface area contributed by atoms with Crippen molar-refractivity contribution in [1.29, 1.82) is 0 Å². The number of carbonyl (C=O) groups excluding carboxylic acids is 1. The van der Waals surface area contributed by atoms with Gasteiger partial charge in [-0.25, -0.2) is 0 Å². The average molecular weight is 260 g/mol. The largest absolute Gasteiger partial charge is 1.00 e. The molecule has 0 aliphatic heterocycles. The third kappa shape index (κ3) is 342. The molecule has 48 valence electrons. The molecule has 1 N–H and O–H groups in total. The predicted octanol–water partition coefficient (Wildman–Crippen LogP) is -8.35. The minimum atomic E-state index is -2.08. The number of hydrogen-bond acceptors (Lipinski definition) is 4. The summed E-state index contributed by atoms with van der Waals surface area (Å²) < 4.78 is 0. The van der Waals surface area contributed by atoms with Gasteiger partial charge >= 0.3 is 87.8 Å². The fourth-order valence-corrected chi connectivity index (χ4v) is 0. The van der Waals surface area contributed by atoms with E-state index in [-0.39, 0.29) is 87.8 Å². The van der Waals surface area contributed by atoms with Crippen molar-refractivity contribution in [3.63, 3.8) is 0 Å². The molecular formula is C3H4CsLiO5. The number of aliphatic carboxylic acids is 1. The zero-order valence-electron chi connectivity index (χ0n) is 6.08. The molecule has 0 spiro atoms. The molecule has 0 fully saturated rings. The van der Waals surface area contributed by atoms with E-state index in [0.29, 0.717) is 0 Å². The van der Waals surface area contributed by atoms with Crippen molar-refractivity contribution in [3.8, 4) is 0 Å². The molecule has 0 aromatic carbocycles. The molecule has 0 amide bonds. The van der Waals surface area contributed by atoms with E-state index in [1.165, 1.54) is 0 Å². The van der Waals surface area contributed by atoms with Gasteiger partial charge in [-0.15, -0.1) is 0 Å². The zero-order chi connectivity index (χ0) is 7.15. The summed E-state index contributed by atoms with van der Waals surface area (Å²) in [4.78, 5) is 17.3. The molecule has 0 heterocycles. The molecule has 0 aliphatic carbocycles. The van der Waals surface area contributed by atoms with E-state index in [0.717, 1.165) is 6.92 Å². The van der Waals surface area contributed by atoms with Crippen molar-refractivity contribution >= 4 is 12.1 Å². The molecule has 7 heteroatoms. The minimum absolute atomic E-state index is 0. The van der Waals surface area contributed by atoms with Crippen LogP contribution in [-0.2, 0) is 4.79 Å². The Morgan fingerprint density at radius 1 is 1.30 bits per heavy atom. The maximum Gasteiger partial charge on any atom is 1.00 e. The van der Waals surface area contributed by atoms with Gasteiger partial charge in [0.2, 0.25) is 6.16 Å². The van der Waals surface area contributed by atoms with E-state index in [9.17, 15) is 0 Å². The topological polar surface area (TPSA) is 100 Å². The van der Waals surface area contributed by atoms with Crippen LogP contribution in [0.2, 0.25) is 0 Å². The van der Waals surface area contributed by atoms with Crippen molar-refractivity contribution in [2.45, 2.75) is 6.92 Å². The quantitative estimate of drug-likeness (QED) is 0.436. The zero-order valence-corrected chi connectivity index (χ0v) is 12.4. The molecule has 5 nitrogen and oxygen atoms in total. The van der Waals surface area contributed by atoms with Crippen LogP contribution in [0.5, 0.6) is 0 Å². The van der Waals surface area contributed by atoms with Crippen molar-refractivity contribution in [2.75, 3.05) is 0 Å². The van der Waals surface area contributed by atoms with Gasteiger partial charge in [-0.2, -0.15) is 0 Å². The summed E-state index contributed by atoms with van der Waals surface area (Å²) in [6.45, 7) is 0.972. The Kier molecular flexibility index (Phi) is 37.8. The number of carboxylic acids is 1. The van der Waals surface area contributed by atoms with Gasteiger partial charge in [0.25, 0.3) is 0 Å². The van der Waals surface area contributed by atoms with Crippen molar-refractivity contribution in [2.24, 2.45) is 0 Å². The first-order valence-electron chi connectivity index (χ1n) is 1.54. The van der Waals surface area contributed by atoms with E-state index in [1.54, 1.807) is 0 Å². The van der Waals surface area contributed by atoms with Crippen LogP contribution in [0.3, 0.4) is 0 Å². The Hall–Kier alpha value is 1.39. The maximum absolute atomic E-state index is 8.89. The van der Waals surface area contributed by atoms with E-state index in [2.05, 4.69) is 0 Å². The summed E-state index contributed by atoms with van der Waals surface area (Å²) in [5.41, 5.74) is 0. The summed E-state index contributed by atoms with van der Waals surface area (Å²) in [5.74, 6) is -1.08. The van der Waals surface area contributed by atoms with Gasteiger partial charge in [0.1, 0.15) is 0 Å². The van der Waals surface area contributed by atoms with E-state index in [4.69, 9.17) is 24.9 Å². The Morgan fingerprint density at radius 2 is 1.30 bits per heavy atom. The van der Waals surface area contributed by atoms with Gasteiger partial charge in [0.15, 0.2) is 0 Å². The standard InChI is InChI=1S/C2H4O2.CH2O3.Cs.Li/c1-2(3)4;2-1(3)4;;/h1H3,(H,3,4);(H2,2,3,4);;/q;;2*+1/p-2. The van der Waals surface area contributed by atoms with Crippen LogP contribution in [0.1, 0.15) is 6.92 Å². The molecule has 0 aromatic rings. The van der Waals surface area contributed by atoms with Gasteiger partial charge in [0, 0.05) is 5.97 Å². The summed E-state index contributed by atoms with van der Waals surface area (Å²) in [6, 6.07) is 0. The van der Waals surface area contributed by atoms with E-state index < -0.39 is 12.1 Å². The Labute approximate surface area is 129 Å². The average Bonchev–Trinajstić information content (AvgIpc) is 1.25. The molecule has 0 saturated carbocycles. The van der Waals surface area contributed by atoms with Gasteiger partial charge in [-0.05, 0) is 6.92 Å². The molecule has 0 rings (SSSR count). The Morgan fingerprint density at radius 3 is 1.30 bits per heavy atom. The second-order valence-electron chi connectivity index (χ2n) is 0.757. The van der Waals surface area contributed by atoms with Crippen LogP contribution in [-0.4, -0.2) is 17.2 Å². The number of carboxylic acid groups (broad SMARTS) is 3. The number of hydrogen-bond donors (Lipinski definition) is 1. The second kappa shape index (κ2) is 16.8. The first kappa shape index (κ1) is 22.5. The van der Waals surface area contributed by atoms with Crippen LogP contribution in [0.15, 0.2) is 0 Å². The van der Waals surface area contributed by atoms with Crippen LogP contribution >= 0.6 is 0 Å². The van der Waals surface area contributed by atoms with E-state index in [1.807, 2.05) is 0 Å². The Bertz CT molecular complexity index is 74.9. The SMILES string of the molecule is CC(=O)[O-].O=C([O-])O.[Cs+].[Li+]. The predicted molar refractivity (Wildman–Crippen MR) is 18.7 cm³/mol. The van der Waals surface area contributed by atoms with Crippen LogP contribution < -0.4 is 98.0 Å². The Balaban J connectivity index is -0.0000000300. The van der Waals surface area contributed by atoms with Crippen molar-refractivity contribution < 1.29 is 113 Å². The van der Waals surface area contributed by atoms with E-state index >= 15 is 0 Å². The molecular weight excluding hydrogens is 256 g/mol. The third-order valence-electron chi connectivity index (χ3n) is 0. The fourth-order valence-electron chi connectivity index (χ4n) is 0. The smallest absolute Gasteiger partial charge is 0.565 e. The van der Waals surface area contributed by atoms with Gasteiger partial charge < -0.3 is 24.9 Å². The van der Waals surface area contributed by atoms with Crippen molar-refractivity contribution in [1.82, 2.24) is 0 Å². The molecule has 0 bridgehead atoms. The van der Waals surface area contributed by atoms with Crippen LogP contribution in [0.25, 0.3) is 0 Å². The molecule has 10 heavy (non-hydrogen) atoms. The summed E-state index contributed by atoms with van der Waals surface area (Å²) in [6.07, 6.45) is -2.08. The fraction of sp³-hybridized carbons (Fsp3) is 0.333. The third-order valence-corrected chi connectivity index (χ3v) is 0. The van der Waals surface area contributed by atoms with Crippen LogP contribution in [0, 0.1) is 0 Å². The monoisotopic (exact) mass is 260 g/mol. The summed E-state index contributed by atoms with van der Waals surface area (Å²) >= 11 is 0.